The minimum absolute atomic E-state index is 0.518. The Balaban J connectivity index is 1.76. The zero-order valence-electron chi connectivity index (χ0n) is 15.5. The molecule has 0 atom stereocenters. The van der Waals surface area contributed by atoms with Crippen LogP contribution in [0.2, 0.25) is 20.1 Å². The zero-order valence-corrected chi connectivity index (χ0v) is 18.6. The average Bonchev–Trinajstić information content (AvgIpc) is 3.17. The van der Waals surface area contributed by atoms with E-state index in [9.17, 15) is 0 Å². The first-order valence-corrected chi connectivity index (χ1v) is 10.9. The maximum atomic E-state index is 6.56. The van der Waals surface area contributed by atoms with Crippen LogP contribution in [0.15, 0.2) is 42.7 Å². The lowest BCUT2D eigenvalue weighted by atomic mass is 9.87. The molecule has 2 aromatic heterocycles. The summed E-state index contributed by atoms with van der Waals surface area (Å²) in [7, 11) is 0. The number of fused-ring (bicyclic) bond motifs is 2. The van der Waals surface area contributed by atoms with Crippen molar-refractivity contribution in [2.45, 2.75) is 19.3 Å². The maximum Gasteiger partial charge on any atom is 0.253 e. The molecule has 1 aliphatic carbocycles. The Hall–Kier alpha value is -2.11. The highest BCUT2D eigenvalue weighted by molar-refractivity contribution is 6.36. The molecule has 0 aliphatic heterocycles. The molecule has 0 fully saturated rings. The van der Waals surface area contributed by atoms with E-state index in [4.69, 9.17) is 51.4 Å². The van der Waals surface area contributed by atoms with Crippen molar-refractivity contribution in [1.29, 1.82) is 0 Å². The Labute approximate surface area is 193 Å². The predicted molar refractivity (Wildman–Crippen MR) is 124 cm³/mol. The first-order valence-electron chi connectivity index (χ1n) is 9.35. The monoisotopic (exact) mass is 474 g/mol. The van der Waals surface area contributed by atoms with Gasteiger partial charge in [0.1, 0.15) is 6.33 Å². The summed E-state index contributed by atoms with van der Waals surface area (Å²) in [5, 5.41) is 6.75. The van der Waals surface area contributed by atoms with Gasteiger partial charge in [-0.3, -0.25) is 0 Å². The summed E-state index contributed by atoms with van der Waals surface area (Å²) in [6.07, 6.45) is 6.30. The van der Waals surface area contributed by atoms with Gasteiger partial charge < -0.3 is 0 Å². The molecule has 0 bridgehead atoms. The summed E-state index contributed by atoms with van der Waals surface area (Å²) in [5.41, 5.74) is 5.71. The van der Waals surface area contributed by atoms with Crippen LogP contribution in [0, 0.1) is 0 Å². The van der Waals surface area contributed by atoms with E-state index >= 15 is 0 Å². The van der Waals surface area contributed by atoms with Crippen molar-refractivity contribution in [2.75, 3.05) is 0 Å². The summed E-state index contributed by atoms with van der Waals surface area (Å²) >= 11 is 25.1. The van der Waals surface area contributed by atoms with Gasteiger partial charge in [-0.1, -0.05) is 52.5 Å². The lowest BCUT2D eigenvalue weighted by Crippen LogP contribution is -2.12. The van der Waals surface area contributed by atoms with Crippen LogP contribution >= 0.6 is 46.4 Å². The van der Waals surface area contributed by atoms with Gasteiger partial charge in [0.2, 0.25) is 0 Å². The highest BCUT2D eigenvalue weighted by atomic mass is 35.5. The van der Waals surface area contributed by atoms with E-state index in [1.807, 2.05) is 24.3 Å². The molecule has 0 radical (unpaired) electrons. The third-order valence-electron chi connectivity index (χ3n) is 5.18. The Morgan fingerprint density at radius 1 is 0.900 bits per heavy atom. The molecule has 0 N–H and O–H groups in total. The van der Waals surface area contributed by atoms with Crippen molar-refractivity contribution >= 4 is 63.8 Å². The van der Waals surface area contributed by atoms with Gasteiger partial charge in [0.25, 0.3) is 5.78 Å². The van der Waals surface area contributed by atoms with Crippen molar-refractivity contribution in [3.8, 4) is 11.3 Å². The minimum atomic E-state index is 0.518. The van der Waals surface area contributed by atoms with Gasteiger partial charge in [-0.05, 0) is 66.8 Å². The molecule has 0 amide bonds. The first kappa shape index (κ1) is 19.8. The van der Waals surface area contributed by atoms with Crippen molar-refractivity contribution < 1.29 is 0 Å². The Morgan fingerprint density at radius 3 is 2.43 bits per heavy atom. The number of rotatable bonds is 2. The quantitative estimate of drug-likeness (QED) is 0.306. The fraction of sp³-hybridized carbons (Fsp3) is 0.136. The molecule has 0 unspecified atom stereocenters. The van der Waals surface area contributed by atoms with Crippen LogP contribution in [0.4, 0.5) is 0 Å². The molecular weight excluding hydrogens is 462 g/mol. The molecule has 1 aliphatic rings. The molecule has 4 aromatic rings. The van der Waals surface area contributed by atoms with E-state index in [0.29, 0.717) is 25.9 Å². The van der Waals surface area contributed by atoms with Crippen molar-refractivity contribution in [2.24, 2.45) is 0 Å². The van der Waals surface area contributed by atoms with Gasteiger partial charge in [-0.2, -0.15) is 14.6 Å². The molecule has 30 heavy (non-hydrogen) atoms. The van der Waals surface area contributed by atoms with E-state index < -0.39 is 0 Å². The second-order valence-corrected chi connectivity index (χ2v) is 8.76. The smallest absolute Gasteiger partial charge is 0.211 e. The van der Waals surface area contributed by atoms with E-state index in [1.165, 1.54) is 6.33 Å². The Bertz CT molecular complexity index is 1330. The summed E-state index contributed by atoms with van der Waals surface area (Å²) < 4.78 is 1.74. The lowest BCUT2D eigenvalue weighted by molar-refractivity contribution is 0.792. The molecule has 2 heterocycles. The number of halogens is 4. The highest BCUT2D eigenvalue weighted by Gasteiger charge is 2.25. The third-order valence-corrected chi connectivity index (χ3v) is 6.29. The summed E-state index contributed by atoms with van der Waals surface area (Å²) in [5.74, 6) is 0.518. The van der Waals surface area contributed by atoms with Gasteiger partial charge in [-0.25, -0.2) is 4.98 Å². The highest BCUT2D eigenvalue weighted by Crippen LogP contribution is 2.40. The van der Waals surface area contributed by atoms with Gasteiger partial charge >= 0.3 is 0 Å². The van der Waals surface area contributed by atoms with E-state index in [0.717, 1.165) is 52.9 Å². The van der Waals surface area contributed by atoms with Crippen LogP contribution in [-0.2, 0) is 6.42 Å². The molecule has 150 valence electrons. The molecule has 0 saturated carbocycles. The van der Waals surface area contributed by atoms with Crippen LogP contribution < -0.4 is 0 Å². The van der Waals surface area contributed by atoms with Crippen LogP contribution in [0.25, 0.3) is 28.7 Å². The Kier molecular flexibility index (Phi) is 5.19. The summed E-state index contributed by atoms with van der Waals surface area (Å²) in [6.45, 7) is 0. The van der Waals surface area contributed by atoms with Crippen molar-refractivity contribution in [1.82, 2.24) is 19.6 Å². The van der Waals surface area contributed by atoms with Crippen molar-refractivity contribution in [3.05, 3.63) is 79.6 Å². The van der Waals surface area contributed by atoms with Crippen molar-refractivity contribution in [3.63, 3.8) is 0 Å². The molecule has 5 rings (SSSR count). The average molecular weight is 476 g/mol. The predicted octanol–water partition coefficient (Wildman–Crippen LogP) is 7.28. The second-order valence-electron chi connectivity index (χ2n) is 7.07. The van der Waals surface area contributed by atoms with Crippen LogP contribution in [0.3, 0.4) is 0 Å². The summed E-state index contributed by atoms with van der Waals surface area (Å²) in [4.78, 5) is 9.15. The van der Waals surface area contributed by atoms with Gasteiger partial charge in [0.05, 0.1) is 16.4 Å². The van der Waals surface area contributed by atoms with Gasteiger partial charge in [0, 0.05) is 26.2 Å². The van der Waals surface area contributed by atoms with Crippen LogP contribution in [-0.4, -0.2) is 19.6 Å². The number of benzene rings is 2. The van der Waals surface area contributed by atoms with E-state index in [1.54, 1.807) is 16.6 Å². The minimum Gasteiger partial charge on any atom is -0.211 e. The number of hydrogen-bond acceptors (Lipinski definition) is 3. The topological polar surface area (TPSA) is 43.1 Å². The maximum absolute atomic E-state index is 6.56. The van der Waals surface area contributed by atoms with Gasteiger partial charge in [-0.15, -0.1) is 0 Å². The zero-order chi connectivity index (χ0) is 20.8. The largest absolute Gasteiger partial charge is 0.253 e. The third kappa shape index (κ3) is 3.48. The molecule has 2 aromatic carbocycles. The normalized spacial score (nSPS) is 15.0. The SMILES string of the molecule is Clc1ccc(C=C2CCCc3c2nc2ncnn2c3-c2ccc(Cl)cc2Cl)c(Cl)c1. The lowest BCUT2D eigenvalue weighted by Gasteiger charge is -2.22. The Morgan fingerprint density at radius 2 is 1.67 bits per heavy atom. The number of aromatic nitrogens is 4. The second kappa shape index (κ2) is 7.86. The van der Waals surface area contributed by atoms with E-state index in [2.05, 4.69) is 16.2 Å². The fourth-order valence-electron chi connectivity index (χ4n) is 3.86. The van der Waals surface area contributed by atoms with Crippen LogP contribution in [0.5, 0.6) is 0 Å². The van der Waals surface area contributed by atoms with Gasteiger partial charge in [0.15, 0.2) is 0 Å². The number of allylic oxidation sites excluding steroid dienone is 1. The molecule has 4 nitrogen and oxygen atoms in total. The molecular formula is C22H14Cl4N4. The molecule has 8 heteroatoms. The standard InChI is InChI=1S/C22H14Cl4N4/c23-14-5-4-12(18(25)9-14)8-13-2-1-3-17-20(13)29-22-27-11-28-30(22)21(17)16-7-6-15(24)10-19(16)26/h4-11H,1-3H2. The fourth-order valence-corrected chi connectivity index (χ4v) is 4.82. The van der Waals surface area contributed by atoms with E-state index in [-0.39, 0.29) is 0 Å². The van der Waals surface area contributed by atoms with Crippen LogP contribution in [0.1, 0.15) is 29.7 Å². The first-order chi connectivity index (χ1) is 14.5. The molecule has 0 saturated heterocycles. The number of hydrogen-bond donors (Lipinski definition) is 0. The number of nitrogens with zero attached hydrogens (tertiary/aromatic N) is 4. The summed E-state index contributed by atoms with van der Waals surface area (Å²) in [6, 6.07) is 11.0. The molecule has 0 spiro atoms.